The Bertz CT molecular complexity index is 1190. The number of nitrogens with one attached hydrogen (secondary N) is 1. The van der Waals surface area contributed by atoms with Crippen molar-refractivity contribution in [2.75, 3.05) is 13.7 Å². The number of benzene rings is 3. The van der Waals surface area contributed by atoms with Crippen LogP contribution < -0.4 is 14.8 Å². The van der Waals surface area contributed by atoms with E-state index in [-0.39, 0.29) is 24.3 Å². The quantitative estimate of drug-likeness (QED) is 0.282. The topological polar surface area (TPSA) is 67.9 Å². The van der Waals surface area contributed by atoms with Gasteiger partial charge in [0.2, 0.25) is 11.8 Å². The smallest absolute Gasteiger partial charge is 0.243 e. The molecule has 0 unspecified atom stereocenters. The van der Waals surface area contributed by atoms with Gasteiger partial charge < -0.3 is 19.7 Å². The average molecular weight is 529 g/mol. The third-order valence-electron chi connectivity index (χ3n) is 7.28. The summed E-state index contributed by atoms with van der Waals surface area (Å²) in [4.78, 5) is 29.3. The Morgan fingerprint density at radius 2 is 1.64 bits per heavy atom. The minimum Gasteiger partial charge on any atom is -0.497 e. The van der Waals surface area contributed by atoms with Gasteiger partial charge in [-0.15, -0.1) is 0 Å². The highest BCUT2D eigenvalue weighted by molar-refractivity contribution is 5.88. The van der Waals surface area contributed by atoms with Crippen LogP contribution in [0.2, 0.25) is 0 Å². The first kappa shape index (κ1) is 28.2. The van der Waals surface area contributed by atoms with E-state index in [9.17, 15) is 9.59 Å². The maximum atomic E-state index is 13.8. The molecule has 1 aliphatic rings. The summed E-state index contributed by atoms with van der Waals surface area (Å²) in [6.45, 7) is 2.79. The van der Waals surface area contributed by atoms with Gasteiger partial charge in [-0.25, -0.2) is 0 Å². The van der Waals surface area contributed by atoms with Gasteiger partial charge in [-0.2, -0.15) is 0 Å². The summed E-state index contributed by atoms with van der Waals surface area (Å²) in [6, 6.07) is 25.1. The molecule has 6 nitrogen and oxygen atoms in total. The molecule has 1 N–H and O–H groups in total. The first-order valence-corrected chi connectivity index (χ1v) is 14.0. The van der Waals surface area contributed by atoms with Crippen LogP contribution in [0.15, 0.2) is 78.9 Å². The van der Waals surface area contributed by atoms with Crippen molar-refractivity contribution in [1.29, 1.82) is 0 Å². The molecule has 6 heteroatoms. The minimum atomic E-state index is -0.621. The van der Waals surface area contributed by atoms with Crippen molar-refractivity contribution >= 4 is 11.8 Å². The number of aryl methyl sites for hydroxylation is 1. The van der Waals surface area contributed by atoms with Gasteiger partial charge in [-0.05, 0) is 61.6 Å². The molecule has 0 spiro atoms. The summed E-state index contributed by atoms with van der Waals surface area (Å²) >= 11 is 0. The largest absolute Gasteiger partial charge is 0.497 e. The van der Waals surface area contributed by atoms with Crippen LogP contribution in [0, 0.1) is 6.92 Å². The molecule has 3 aromatic rings. The maximum Gasteiger partial charge on any atom is 0.243 e. The molecule has 0 heterocycles. The molecule has 1 atom stereocenters. The number of carbonyl (C=O) groups excluding carboxylic acids is 2. The van der Waals surface area contributed by atoms with E-state index in [4.69, 9.17) is 9.47 Å². The lowest BCUT2D eigenvalue weighted by molar-refractivity contribution is -0.141. The van der Waals surface area contributed by atoms with Crippen LogP contribution in [-0.2, 0) is 22.6 Å². The van der Waals surface area contributed by atoms with Crippen molar-refractivity contribution in [2.45, 2.75) is 70.5 Å². The van der Waals surface area contributed by atoms with Gasteiger partial charge in [0.25, 0.3) is 0 Å². The molecule has 4 rings (SSSR count). The molecule has 3 aromatic carbocycles. The molecule has 1 aliphatic carbocycles. The lowest BCUT2D eigenvalue weighted by Gasteiger charge is -2.32. The van der Waals surface area contributed by atoms with Gasteiger partial charge in [0.05, 0.1) is 13.7 Å². The summed E-state index contributed by atoms with van der Waals surface area (Å²) in [5, 5.41) is 3.25. The van der Waals surface area contributed by atoms with Crippen molar-refractivity contribution in [3.05, 3.63) is 95.6 Å². The number of amides is 2. The first-order valence-electron chi connectivity index (χ1n) is 14.0. The summed E-state index contributed by atoms with van der Waals surface area (Å²) < 4.78 is 11.3. The molecule has 0 radical (unpaired) electrons. The molecule has 1 fully saturated rings. The second kappa shape index (κ2) is 14.4. The van der Waals surface area contributed by atoms with Crippen LogP contribution in [0.3, 0.4) is 0 Å². The highest BCUT2D eigenvalue weighted by atomic mass is 16.5. The predicted octanol–water partition coefficient (Wildman–Crippen LogP) is 5.86. The summed E-state index contributed by atoms with van der Waals surface area (Å²) in [7, 11) is 1.63. The van der Waals surface area contributed by atoms with Crippen molar-refractivity contribution in [2.24, 2.45) is 0 Å². The number of hydrogen-bond acceptors (Lipinski definition) is 4. The monoisotopic (exact) mass is 528 g/mol. The Labute approximate surface area is 232 Å². The SMILES string of the molecule is COc1cccc(CN(C(=O)CCCOc2ccc(C)cc2)[C@H](Cc2ccccc2)C(=O)NC2CCCC2)c1. The van der Waals surface area contributed by atoms with Gasteiger partial charge in [-0.3, -0.25) is 9.59 Å². The molecular weight excluding hydrogens is 488 g/mol. The fourth-order valence-electron chi connectivity index (χ4n) is 5.08. The fourth-order valence-corrected chi connectivity index (χ4v) is 5.08. The van der Waals surface area contributed by atoms with Gasteiger partial charge in [-0.1, -0.05) is 73.0 Å². The Hall–Kier alpha value is -3.80. The number of nitrogens with zero attached hydrogens (tertiary/aromatic N) is 1. The fraction of sp³-hybridized carbons (Fsp3) is 0.394. The number of carbonyl (C=O) groups is 2. The first-order chi connectivity index (χ1) is 19.0. The summed E-state index contributed by atoms with van der Waals surface area (Å²) in [6.07, 6.45) is 5.54. The molecule has 0 saturated heterocycles. The van der Waals surface area contributed by atoms with Crippen LogP contribution in [0.25, 0.3) is 0 Å². The van der Waals surface area contributed by atoms with Gasteiger partial charge in [0.15, 0.2) is 0 Å². The van der Waals surface area contributed by atoms with Crippen LogP contribution in [0.5, 0.6) is 11.5 Å². The number of hydrogen-bond donors (Lipinski definition) is 1. The zero-order valence-corrected chi connectivity index (χ0v) is 23.1. The second-order valence-electron chi connectivity index (χ2n) is 10.3. The molecule has 206 valence electrons. The zero-order chi connectivity index (χ0) is 27.5. The lowest BCUT2D eigenvalue weighted by atomic mass is 10.0. The van der Waals surface area contributed by atoms with Crippen molar-refractivity contribution in [3.63, 3.8) is 0 Å². The Kier molecular flexibility index (Phi) is 10.4. The number of methoxy groups -OCH3 is 1. The van der Waals surface area contributed by atoms with E-state index in [0.29, 0.717) is 26.0 Å². The van der Waals surface area contributed by atoms with E-state index in [0.717, 1.165) is 48.3 Å². The van der Waals surface area contributed by atoms with E-state index in [1.807, 2.05) is 85.8 Å². The third kappa shape index (κ3) is 8.60. The molecular formula is C33H40N2O4. The summed E-state index contributed by atoms with van der Waals surface area (Å²) in [5.74, 6) is 1.37. The van der Waals surface area contributed by atoms with E-state index < -0.39 is 6.04 Å². The summed E-state index contributed by atoms with van der Waals surface area (Å²) in [5.41, 5.74) is 3.12. The third-order valence-corrected chi connectivity index (χ3v) is 7.28. The molecule has 0 bridgehead atoms. The van der Waals surface area contributed by atoms with E-state index in [2.05, 4.69) is 5.32 Å². The number of ether oxygens (including phenoxy) is 2. The Balaban J connectivity index is 1.52. The maximum absolute atomic E-state index is 13.8. The lowest BCUT2D eigenvalue weighted by Crippen LogP contribution is -2.52. The zero-order valence-electron chi connectivity index (χ0n) is 23.1. The molecule has 0 aromatic heterocycles. The molecule has 0 aliphatic heterocycles. The van der Waals surface area contributed by atoms with E-state index in [1.54, 1.807) is 12.0 Å². The molecule has 39 heavy (non-hydrogen) atoms. The number of rotatable bonds is 13. The normalized spacial score (nSPS) is 14.0. The van der Waals surface area contributed by atoms with Crippen LogP contribution in [0.1, 0.15) is 55.2 Å². The highest BCUT2D eigenvalue weighted by Gasteiger charge is 2.32. The Morgan fingerprint density at radius 1 is 0.923 bits per heavy atom. The minimum absolute atomic E-state index is 0.0622. The van der Waals surface area contributed by atoms with Crippen LogP contribution in [-0.4, -0.2) is 42.5 Å². The van der Waals surface area contributed by atoms with Crippen LogP contribution in [0.4, 0.5) is 0 Å². The molecule has 2 amide bonds. The Morgan fingerprint density at radius 3 is 2.36 bits per heavy atom. The van der Waals surface area contributed by atoms with E-state index in [1.165, 1.54) is 5.56 Å². The predicted molar refractivity (Wildman–Crippen MR) is 154 cm³/mol. The molecule has 1 saturated carbocycles. The van der Waals surface area contributed by atoms with Crippen molar-refractivity contribution < 1.29 is 19.1 Å². The van der Waals surface area contributed by atoms with Gasteiger partial charge in [0.1, 0.15) is 17.5 Å². The average Bonchev–Trinajstić information content (AvgIpc) is 3.47. The van der Waals surface area contributed by atoms with Crippen molar-refractivity contribution in [1.82, 2.24) is 10.2 Å². The van der Waals surface area contributed by atoms with Gasteiger partial charge in [0, 0.05) is 25.4 Å². The highest BCUT2D eigenvalue weighted by Crippen LogP contribution is 2.22. The van der Waals surface area contributed by atoms with Crippen molar-refractivity contribution in [3.8, 4) is 11.5 Å². The second-order valence-corrected chi connectivity index (χ2v) is 10.3. The standard InChI is InChI=1S/C33H40N2O4/c1-25-17-19-29(20-18-25)39-21-9-16-32(36)35(24-27-12-8-15-30(22-27)38-2)31(23-26-10-4-3-5-11-26)33(37)34-28-13-6-7-14-28/h3-5,8,10-12,15,17-20,22,28,31H,6-7,9,13-14,16,21,23-24H2,1-2H3,(H,34,37)/t31-/m1/s1. The van der Waals surface area contributed by atoms with Crippen LogP contribution >= 0.6 is 0 Å². The van der Waals surface area contributed by atoms with E-state index >= 15 is 0 Å². The van der Waals surface area contributed by atoms with Gasteiger partial charge >= 0.3 is 0 Å².